The predicted molar refractivity (Wildman–Crippen MR) is 172 cm³/mol. The molecule has 2 amide bonds. The van der Waals surface area contributed by atoms with E-state index in [4.69, 9.17) is 23.2 Å². The van der Waals surface area contributed by atoms with E-state index in [2.05, 4.69) is 5.32 Å². The molecule has 0 unspecified atom stereocenters. The smallest absolute Gasteiger partial charge is 0.264 e. The van der Waals surface area contributed by atoms with Crippen molar-refractivity contribution in [3.63, 3.8) is 0 Å². The van der Waals surface area contributed by atoms with Gasteiger partial charge in [-0.1, -0.05) is 101 Å². The van der Waals surface area contributed by atoms with Crippen LogP contribution >= 0.6 is 23.2 Å². The van der Waals surface area contributed by atoms with E-state index in [-0.39, 0.29) is 39.5 Å². The lowest BCUT2D eigenvalue weighted by Gasteiger charge is -2.34. The number of sulfonamides is 1. The number of halogens is 2. The normalized spacial score (nSPS) is 11.9. The highest BCUT2D eigenvalue weighted by atomic mass is 35.5. The Morgan fingerprint density at radius 2 is 1.42 bits per heavy atom. The molecule has 0 aromatic heterocycles. The third-order valence-corrected chi connectivity index (χ3v) is 9.38. The summed E-state index contributed by atoms with van der Waals surface area (Å²) in [5.74, 6) is -0.963. The number of nitrogens with one attached hydrogen (secondary N) is 1. The Bertz CT molecular complexity index is 1680. The molecule has 1 atom stereocenters. The van der Waals surface area contributed by atoms with Gasteiger partial charge in [0.05, 0.1) is 15.6 Å². The summed E-state index contributed by atoms with van der Waals surface area (Å²) < 4.78 is 29.1. The van der Waals surface area contributed by atoms with E-state index in [0.29, 0.717) is 0 Å². The number of likely N-dealkylation sites (N-methyl/N-ethyl adjacent to an activating group) is 1. The third kappa shape index (κ3) is 7.96. The standard InChI is InChI=1S/C33H33Cl2N3O4S/c1-23-9-13-26(14-10-23)21-37(31(33(40)36-3)19-25-7-5-4-6-8-25)32(39)22-38(30-20-27(34)15-18-29(30)35)43(41,42)28-16-11-24(2)12-17-28/h4-18,20,31H,19,21-22H2,1-3H3,(H,36,40)/t31-/m1/s1. The molecule has 0 saturated heterocycles. The van der Waals surface area contributed by atoms with Gasteiger partial charge in [-0.15, -0.1) is 0 Å². The average Bonchev–Trinajstić information content (AvgIpc) is 3.00. The topological polar surface area (TPSA) is 86.8 Å². The van der Waals surface area contributed by atoms with Crippen molar-refractivity contribution < 1.29 is 18.0 Å². The summed E-state index contributed by atoms with van der Waals surface area (Å²) in [4.78, 5) is 29.1. The minimum atomic E-state index is -4.29. The van der Waals surface area contributed by atoms with E-state index in [0.717, 1.165) is 26.6 Å². The molecule has 0 spiro atoms. The molecule has 0 aliphatic carbocycles. The molecule has 224 valence electrons. The fourth-order valence-electron chi connectivity index (χ4n) is 4.64. The van der Waals surface area contributed by atoms with Crippen molar-refractivity contribution in [2.24, 2.45) is 0 Å². The first-order valence-corrected chi connectivity index (χ1v) is 15.8. The van der Waals surface area contributed by atoms with Crippen LogP contribution in [0.15, 0.2) is 102 Å². The van der Waals surface area contributed by atoms with Crippen molar-refractivity contribution in [1.29, 1.82) is 0 Å². The number of anilines is 1. The van der Waals surface area contributed by atoms with Crippen molar-refractivity contribution >= 4 is 50.7 Å². The van der Waals surface area contributed by atoms with Crippen LogP contribution in [-0.4, -0.2) is 44.8 Å². The first kappa shape index (κ1) is 32.1. The van der Waals surface area contributed by atoms with Gasteiger partial charge in [0.15, 0.2) is 0 Å². The van der Waals surface area contributed by atoms with E-state index < -0.39 is 28.5 Å². The summed E-state index contributed by atoms with van der Waals surface area (Å²) in [5, 5.41) is 3.03. The number of hydrogen-bond donors (Lipinski definition) is 1. The zero-order chi connectivity index (χ0) is 31.1. The lowest BCUT2D eigenvalue weighted by Crippen LogP contribution is -2.53. The van der Waals surface area contributed by atoms with Gasteiger partial charge in [-0.2, -0.15) is 0 Å². The monoisotopic (exact) mass is 637 g/mol. The molecule has 4 aromatic carbocycles. The summed E-state index contributed by atoms with van der Waals surface area (Å²) in [6, 6.07) is 26.8. The number of amides is 2. The molecule has 0 bridgehead atoms. The second kappa shape index (κ2) is 14.1. The van der Waals surface area contributed by atoms with Gasteiger partial charge in [-0.25, -0.2) is 8.42 Å². The summed E-state index contributed by atoms with van der Waals surface area (Å²) in [6.45, 7) is 3.26. The largest absolute Gasteiger partial charge is 0.357 e. The Labute approximate surface area is 263 Å². The molecule has 0 aliphatic rings. The number of hydrogen-bond acceptors (Lipinski definition) is 4. The molecule has 0 saturated carbocycles. The van der Waals surface area contributed by atoms with Crippen LogP contribution in [0.1, 0.15) is 22.3 Å². The Morgan fingerprint density at radius 3 is 2.02 bits per heavy atom. The lowest BCUT2D eigenvalue weighted by molar-refractivity contribution is -0.139. The molecule has 4 aromatic rings. The Balaban J connectivity index is 1.81. The van der Waals surface area contributed by atoms with E-state index in [1.165, 1.54) is 42.3 Å². The van der Waals surface area contributed by atoms with Gasteiger partial charge in [0.1, 0.15) is 12.6 Å². The molecule has 0 heterocycles. The summed E-state index contributed by atoms with van der Waals surface area (Å²) in [5.41, 5.74) is 3.60. The van der Waals surface area contributed by atoms with Crippen LogP contribution in [0.2, 0.25) is 10.0 Å². The molecule has 1 N–H and O–H groups in total. The number of nitrogens with zero attached hydrogens (tertiary/aromatic N) is 2. The molecule has 10 heteroatoms. The molecule has 0 radical (unpaired) electrons. The van der Waals surface area contributed by atoms with Crippen LogP contribution in [0.25, 0.3) is 0 Å². The molecular weight excluding hydrogens is 605 g/mol. The van der Waals surface area contributed by atoms with Crippen LogP contribution in [0.5, 0.6) is 0 Å². The Hall–Kier alpha value is -3.85. The summed E-state index contributed by atoms with van der Waals surface area (Å²) in [6.07, 6.45) is 0.223. The summed E-state index contributed by atoms with van der Waals surface area (Å²) in [7, 11) is -2.78. The Kier molecular flexibility index (Phi) is 10.5. The van der Waals surface area contributed by atoms with Gasteiger partial charge in [0.25, 0.3) is 10.0 Å². The van der Waals surface area contributed by atoms with Crippen molar-refractivity contribution in [2.75, 3.05) is 17.9 Å². The average molecular weight is 639 g/mol. The molecule has 43 heavy (non-hydrogen) atoms. The maximum Gasteiger partial charge on any atom is 0.264 e. The van der Waals surface area contributed by atoms with Gasteiger partial charge in [0, 0.05) is 25.0 Å². The number of rotatable bonds is 11. The quantitative estimate of drug-likeness (QED) is 0.212. The van der Waals surface area contributed by atoms with Gasteiger partial charge in [0.2, 0.25) is 11.8 Å². The van der Waals surface area contributed by atoms with E-state index >= 15 is 0 Å². The number of carbonyl (C=O) groups is 2. The molecule has 0 aliphatic heterocycles. The number of carbonyl (C=O) groups excluding carboxylic acids is 2. The van der Waals surface area contributed by atoms with E-state index in [1.54, 1.807) is 12.1 Å². The fraction of sp³-hybridized carbons (Fsp3) is 0.212. The first-order valence-electron chi connectivity index (χ1n) is 13.6. The SMILES string of the molecule is CNC(=O)[C@@H](Cc1ccccc1)N(Cc1ccc(C)cc1)C(=O)CN(c1cc(Cl)ccc1Cl)S(=O)(=O)c1ccc(C)cc1. The first-order chi connectivity index (χ1) is 20.5. The second-order valence-corrected chi connectivity index (χ2v) is 13.0. The fourth-order valence-corrected chi connectivity index (χ4v) is 6.50. The maximum atomic E-state index is 14.3. The zero-order valence-electron chi connectivity index (χ0n) is 24.1. The van der Waals surface area contributed by atoms with Crippen LogP contribution < -0.4 is 9.62 Å². The van der Waals surface area contributed by atoms with Crippen LogP contribution in [-0.2, 0) is 32.6 Å². The molecule has 7 nitrogen and oxygen atoms in total. The van der Waals surface area contributed by atoms with Gasteiger partial charge in [-0.3, -0.25) is 13.9 Å². The van der Waals surface area contributed by atoms with Crippen LogP contribution in [0.4, 0.5) is 5.69 Å². The highest BCUT2D eigenvalue weighted by Crippen LogP contribution is 2.33. The highest BCUT2D eigenvalue weighted by molar-refractivity contribution is 7.92. The lowest BCUT2D eigenvalue weighted by atomic mass is 10.0. The van der Waals surface area contributed by atoms with Crippen molar-refractivity contribution in [1.82, 2.24) is 10.2 Å². The Morgan fingerprint density at radius 1 is 0.814 bits per heavy atom. The minimum absolute atomic E-state index is 0.0147. The van der Waals surface area contributed by atoms with Gasteiger partial charge in [-0.05, 0) is 55.3 Å². The predicted octanol–water partition coefficient (Wildman–Crippen LogP) is 6.19. The minimum Gasteiger partial charge on any atom is -0.357 e. The third-order valence-electron chi connectivity index (χ3n) is 7.06. The van der Waals surface area contributed by atoms with Crippen molar-refractivity contribution in [3.8, 4) is 0 Å². The second-order valence-electron chi connectivity index (χ2n) is 10.2. The van der Waals surface area contributed by atoms with Crippen LogP contribution in [0, 0.1) is 13.8 Å². The van der Waals surface area contributed by atoms with Crippen LogP contribution in [0.3, 0.4) is 0 Å². The van der Waals surface area contributed by atoms with Gasteiger partial charge < -0.3 is 10.2 Å². The summed E-state index contributed by atoms with van der Waals surface area (Å²) >= 11 is 12.8. The van der Waals surface area contributed by atoms with Gasteiger partial charge >= 0.3 is 0 Å². The number of benzene rings is 4. The van der Waals surface area contributed by atoms with Crippen molar-refractivity contribution in [3.05, 3.63) is 129 Å². The molecular formula is C33H33Cl2N3O4S. The van der Waals surface area contributed by atoms with Crippen molar-refractivity contribution in [2.45, 2.75) is 37.8 Å². The molecule has 4 rings (SSSR count). The van der Waals surface area contributed by atoms with E-state index in [9.17, 15) is 18.0 Å². The molecule has 0 fully saturated rings. The van der Waals surface area contributed by atoms with E-state index in [1.807, 2.05) is 68.4 Å². The maximum absolute atomic E-state index is 14.3. The number of aryl methyl sites for hydroxylation is 2. The highest BCUT2D eigenvalue weighted by Gasteiger charge is 2.35. The zero-order valence-corrected chi connectivity index (χ0v) is 26.5.